The minimum atomic E-state index is -0.635. The van der Waals surface area contributed by atoms with E-state index >= 15 is 0 Å². The molecule has 10 heteroatoms. The normalized spacial score (nSPS) is 11.9. The number of nitrogens with zero attached hydrogens (tertiary/aromatic N) is 2. The molecule has 0 aliphatic heterocycles. The molecule has 0 bridgehead atoms. The Balaban J connectivity index is 0.921. The number of hydrogen-bond acceptors (Lipinski definition) is 10. The van der Waals surface area contributed by atoms with Gasteiger partial charge in [-0.2, -0.15) is 10.5 Å². The number of carbonyl (C=O) groups is 2. The van der Waals surface area contributed by atoms with Crippen molar-refractivity contribution >= 4 is 11.9 Å². The van der Waals surface area contributed by atoms with Gasteiger partial charge in [-0.3, -0.25) is 0 Å². The predicted molar refractivity (Wildman–Crippen MR) is 223 cm³/mol. The molecule has 4 rings (SSSR count). The quantitative estimate of drug-likeness (QED) is 0.0344. The van der Waals surface area contributed by atoms with Gasteiger partial charge in [0.2, 0.25) is 0 Å². The summed E-state index contributed by atoms with van der Waals surface area (Å²) in [5, 5.41) is 17.9. The monoisotopic (exact) mass is 786 g/mol. The van der Waals surface area contributed by atoms with Crippen molar-refractivity contribution in [3.05, 3.63) is 120 Å². The molecule has 0 heterocycles. The Hall–Kier alpha value is -5.94. The lowest BCUT2D eigenvalue weighted by atomic mass is 10.0. The summed E-state index contributed by atoms with van der Waals surface area (Å²) in [6.07, 6.45) is 8.91. The molecule has 0 fully saturated rings. The molecule has 0 saturated carbocycles. The number of rotatable bonds is 26. The van der Waals surface area contributed by atoms with Crippen molar-refractivity contribution in [1.29, 1.82) is 10.5 Å². The number of carbonyl (C=O) groups excluding carboxylic acids is 2. The predicted octanol–water partition coefficient (Wildman–Crippen LogP) is 9.80. The molecule has 0 spiro atoms. The summed E-state index contributed by atoms with van der Waals surface area (Å²) in [6, 6.07) is 35.2. The van der Waals surface area contributed by atoms with E-state index in [0.717, 1.165) is 97.3 Å². The molecule has 4 aromatic carbocycles. The molecule has 304 valence electrons. The SMILES string of the molecule is C[C@@H](COCCCCCCOc1ccc(-c2ccc(C#N)cc2)cc1)OC(=O)/C=C/C(=O)O[C@@H](C)COCCCCCCOc1ccc(-c2ccc(C#N)cc2)cc1. The average molecular weight is 787 g/mol. The first kappa shape index (κ1) is 44.8. The van der Waals surface area contributed by atoms with Crippen LogP contribution in [0, 0.1) is 22.7 Å². The summed E-state index contributed by atoms with van der Waals surface area (Å²) in [5.74, 6) is 0.386. The number of hydrogen-bond donors (Lipinski definition) is 0. The van der Waals surface area contributed by atoms with Crippen molar-refractivity contribution in [2.24, 2.45) is 0 Å². The summed E-state index contributed by atoms with van der Waals surface area (Å²) in [7, 11) is 0. The molecule has 2 atom stereocenters. The highest BCUT2D eigenvalue weighted by Crippen LogP contribution is 2.24. The van der Waals surface area contributed by atoms with Crippen LogP contribution in [-0.2, 0) is 28.5 Å². The number of benzene rings is 4. The molecule has 0 aliphatic carbocycles. The van der Waals surface area contributed by atoms with Gasteiger partial charge >= 0.3 is 11.9 Å². The van der Waals surface area contributed by atoms with Gasteiger partial charge in [0.05, 0.1) is 49.7 Å². The first-order valence-corrected chi connectivity index (χ1v) is 20.0. The molecule has 0 aliphatic rings. The third kappa shape index (κ3) is 17.5. The molecule has 4 aromatic rings. The largest absolute Gasteiger partial charge is 0.494 e. The van der Waals surface area contributed by atoms with Crippen molar-refractivity contribution in [3.8, 4) is 45.9 Å². The minimum Gasteiger partial charge on any atom is -0.494 e. The van der Waals surface area contributed by atoms with Crippen molar-refractivity contribution in [2.45, 2.75) is 77.4 Å². The Labute approximate surface area is 342 Å². The molecule has 10 nitrogen and oxygen atoms in total. The second-order valence-corrected chi connectivity index (χ2v) is 13.9. The molecule has 0 N–H and O–H groups in total. The van der Waals surface area contributed by atoms with E-state index in [-0.39, 0.29) is 13.2 Å². The third-order valence-corrected chi connectivity index (χ3v) is 9.00. The molecule has 0 radical (unpaired) electrons. The van der Waals surface area contributed by atoms with Crippen molar-refractivity contribution in [1.82, 2.24) is 0 Å². The zero-order chi connectivity index (χ0) is 41.2. The number of nitriles is 2. The van der Waals surface area contributed by atoms with Gasteiger partial charge in [-0.15, -0.1) is 0 Å². The van der Waals surface area contributed by atoms with E-state index in [4.69, 9.17) is 38.9 Å². The Morgan fingerprint density at radius 1 is 0.483 bits per heavy atom. The zero-order valence-corrected chi connectivity index (χ0v) is 33.6. The maximum absolute atomic E-state index is 12.1. The van der Waals surface area contributed by atoms with Crippen molar-refractivity contribution in [2.75, 3.05) is 39.6 Å². The Bertz CT molecular complexity index is 1770. The highest BCUT2D eigenvalue weighted by Gasteiger charge is 2.11. The zero-order valence-electron chi connectivity index (χ0n) is 33.6. The van der Waals surface area contributed by atoms with Crippen LogP contribution in [-0.4, -0.2) is 63.8 Å². The molecular formula is C48H54N2O8. The van der Waals surface area contributed by atoms with Crippen molar-refractivity contribution in [3.63, 3.8) is 0 Å². The summed E-state index contributed by atoms with van der Waals surface area (Å²) < 4.78 is 33.7. The van der Waals surface area contributed by atoms with Gasteiger partial charge in [0.1, 0.15) is 23.7 Å². The molecular weight excluding hydrogens is 733 g/mol. The smallest absolute Gasteiger partial charge is 0.331 e. The minimum absolute atomic E-state index is 0.269. The lowest BCUT2D eigenvalue weighted by Gasteiger charge is -2.13. The van der Waals surface area contributed by atoms with Crippen LogP contribution in [0.2, 0.25) is 0 Å². The van der Waals surface area contributed by atoms with Gasteiger partial charge < -0.3 is 28.4 Å². The van der Waals surface area contributed by atoms with E-state index in [1.807, 2.05) is 97.1 Å². The second kappa shape index (κ2) is 26.1. The summed E-state index contributed by atoms with van der Waals surface area (Å²) in [4.78, 5) is 24.3. The van der Waals surface area contributed by atoms with Crippen LogP contribution in [0.5, 0.6) is 11.5 Å². The summed E-state index contributed by atoms with van der Waals surface area (Å²) >= 11 is 0. The number of unbranched alkanes of at least 4 members (excludes halogenated alkanes) is 6. The number of ether oxygens (including phenoxy) is 6. The van der Waals surface area contributed by atoms with Crippen LogP contribution in [0.15, 0.2) is 109 Å². The van der Waals surface area contributed by atoms with E-state index in [1.165, 1.54) is 0 Å². The van der Waals surface area contributed by atoms with Gasteiger partial charge in [0, 0.05) is 25.4 Å². The molecule has 0 unspecified atom stereocenters. The Morgan fingerprint density at radius 3 is 1.12 bits per heavy atom. The van der Waals surface area contributed by atoms with E-state index in [1.54, 1.807) is 13.8 Å². The molecule has 0 saturated heterocycles. The Morgan fingerprint density at radius 2 is 0.793 bits per heavy atom. The average Bonchev–Trinajstić information content (AvgIpc) is 3.25. The highest BCUT2D eigenvalue weighted by molar-refractivity contribution is 5.91. The van der Waals surface area contributed by atoms with Gasteiger partial charge in [0.25, 0.3) is 0 Å². The lowest BCUT2D eigenvalue weighted by molar-refractivity contribution is -0.147. The topological polar surface area (TPSA) is 137 Å². The van der Waals surface area contributed by atoms with Crippen LogP contribution in [0.3, 0.4) is 0 Å². The summed E-state index contributed by atoms with van der Waals surface area (Å²) in [6.45, 7) is 6.43. The van der Waals surface area contributed by atoms with Crippen LogP contribution < -0.4 is 9.47 Å². The first-order valence-electron chi connectivity index (χ1n) is 20.0. The van der Waals surface area contributed by atoms with Crippen LogP contribution in [0.25, 0.3) is 22.3 Å². The van der Waals surface area contributed by atoms with Gasteiger partial charge in [0.15, 0.2) is 0 Å². The fourth-order valence-electron chi connectivity index (χ4n) is 5.84. The lowest BCUT2D eigenvalue weighted by Crippen LogP contribution is -2.21. The van der Waals surface area contributed by atoms with E-state index in [0.29, 0.717) is 37.6 Å². The van der Waals surface area contributed by atoms with Gasteiger partial charge in [-0.1, -0.05) is 61.4 Å². The van der Waals surface area contributed by atoms with Crippen molar-refractivity contribution < 1.29 is 38.0 Å². The standard InChI is InChI=1S/C48H54N2O8/c1-37(35-53-29-7-3-5-9-31-55-45-23-19-43(20-24-45)41-15-11-39(33-49)12-16-41)57-47(51)27-28-48(52)58-38(2)36-54-30-8-4-6-10-32-56-46-25-21-44(22-26-46)42-17-13-40(34-50)14-18-42/h11-28,37-38H,3-10,29-32,35-36H2,1-2H3/b28-27+/t37-,38-/m0/s1. The Kier molecular flexibility index (Phi) is 20.1. The van der Waals surface area contributed by atoms with Crippen LogP contribution >= 0.6 is 0 Å². The maximum atomic E-state index is 12.1. The second-order valence-electron chi connectivity index (χ2n) is 13.9. The fraction of sp³-hybridized carbons (Fsp3) is 0.375. The molecule has 0 aromatic heterocycles. The first-order chi connectivity index (χ1) is 28.3. The third-order valence-electron chi connectivity index (χ3n) is 9.00. The van der Waals surface area contributed by atoms with Crippen LogP contribution in [0.1, 0.15) is 76.3 Å². The maximum Gasteiger partial charge on any atom is 0.331 e. The van der Waals surface area contributed by atoms with E-state index in [2.05, 4.69) is 12.1 Å². The van der Waals surface area contributed by atoms with E-state index < -0.39 is 24.1 Å². The van der Waals surface area contributed by atoms with Gasteiger partial charge in [-0.05, 0) is 123 Å². The fourth-order valence-corrected chi connectivity index (χ4v) is 5.84. The molecule has 0 amide bonds. The molecule has 58 heavy (non-hydrogen) atoms. The van der Waals surface area contributed by atoms with E-state index in [9.17, 15) is 9.59 Å². The number of esters is 2. The summed E-state index contributed by atoms with van der Waals surface area (Å²) in [5.41, 5.74) is 5.55. The highest BCUT2D eigenvalue weighted by atomic mass is 16.6. The van der Waals surface area contributed by atoms with Gasteiger partial charge in [-0.25, -0.2) is 9.59 Å². The van der Waals surface area contributed by atoms with Crippen LogP contribution in [0.4, 0.5) is 0 Å².